The Labute approximate surface area is 150 Å². The van der Waals surface area contributed by atoms with Gasteiger partial charge in [0.05, 0.1) is 24.5 Å². The zero-order valence-electron chi connectivity index (χ0n) is 13.9. The molecule has 0 fully saturated rings. The zero-order chi connectivity index (χ0) is 17.8. The van der Waals surface area contributed by atoms with Crippen molar-refractivity contribution in [1.29, 1.82) is 0 Å². The number of halogens is 2. The average molecular weight is 361 g/mol. The molecule has 0 saturated carbocycles. The Balaban J connectivity index is 1.66. The largest absolute Gasteiger partial charge is 0.491 e. The van der Waals surface area contributed by atoms with E-state index in [4.69, 9.17) is 20.8 Å². The van der Waals surface area contributed by atoms with E-state index in [-0.39, 0.29) is 18.5 Å². The van der Waals surface area contributed by atoms with Crippen molar-refractivity contribution >= 4 is 17.3 Å². The molecule has 3 aromatic rings. The van der Waals surface area contributed by atoms with Gasteiger partial charge in [0.15, 0.2) is 5.76 Å². The first kappa shape index (κ1) is 17.3. The lowest BCUT2D eigenvalue weighted by molar-refractivity contribution is 0.241. The lowest BCUT2D eigenvalue weighted by Gasteiger charge is -2.11. The molecule has 130 valence electrons. The fourth-order valence-electron chi connectivity index (χ4n) is 2.32. The molecule has 25 heavy (non-hydrogen) atoms. The Hall–Kier alpha value is -2.53. The summed E-state index contributed by atoms with van der Waals surface area (Å²) in [5, 5.41) is 3.60. The third-order valence-corrected chi connectivity index (χ3v) is 3.64. The van der Waals surface area contributed by atoms with Crippen LogP contribution in [0.25, 0.3) is 11.3 Å². The van der Waals surface area contributed by atoms with Crippen molar-refractivity contribution in [1.82, 2.24) is 4.98 Å². The molecule has 2 aromatic carbocycles. The SMILES string of the molecule is CC(C)Oc1ccc(NCc2ncc(-c3cccc(Cl)c3)o2)c(F)c1. The number of benzene rings is 2. The lowest BCUT2D eigenvalue weighted by Crippen LogP contribution is -2.06. The summed E-state index contributed by atoms with van der Waals surface area (Å²) < 4.78 is 25.3. The number of oxazole rings is 1. The summed E-state index contributed by atoms with van der Waals surface area (Å²) in [5.41, 5.74) is 1.20. The van der Waals surface area contributed by atoms with Crippen LogP contribution < -0.4 is 10.1 Å². The smallest absolute Gasteiger partial charge is 0.214 e. The quantitative estimate of drug-likeness (QED) is 0.627. The molecule has 0 aliphatic heterocycles. The molecule has 0 atom stereocenters. The molecule has 6 heteroatoms. The maximum Gasteiger partial charge on any atom is 0.214 e. The van der Waals surface area contributed by atoms with Crippen LogP contribution in [0.3, 0.4) is 0 Å². The molecule has 0 radical (unpaired) electrons. The Morgan fingerprint density at radius 1 is 1.24 bits per heavy atom. The first-order valence-electron chi connectivity index (χ1n) is 7.92. The van der Waals surface area contributed by atoms with Crippen LogP contribution in [0.4, 0.5) is 10.1 Å². The molecule has 1 N–H and O–H groups in total. The molecule has 0 saturated heterocycles. The average Bonchev–Trinajstić information content (AvgIpc) is 3.02. The van der Waals surface area contributed by atoms with Crippen molar-refractivity contribution in [3.8, 4) is 17.1 Å². The van der Waals surface area contributed by atoms with E-state index >= 15 is 0 Å². The summed E-state index contributed by atoms with van der Waals surface area (Å²) in [5.74, 6) is 1.18. The number of ether oxygens (including phenoxy) is 1. The van der Waals surface area contributed by atoms with Crippen molar-refractivity contribution in [3.05, 3.63) is 65.4 Å². The highest BCUT2D eigenvalue weighted by molar-refractivity contribution is 6.30. The summed E-state index contributed by atoms with van der Waals surface area (Å²) >= 11 is 5.98. The Morgan fingerprint density at radius 2 is 2.08 bits per heavy atom. The molecule has 0 bridgehead atoms. The van der Waals surface area contributed by atoms with Gasteiger partial charge in [0.25, 0.3) is 0 Å². The van der Waals surface area contributed by atoms with Crippen LogP contribution in [0.2, 0.25) is 5.02 Å². The van der Waals surface area contributed by atoms with Gasteiger partial charge in [-0.1, -0.05) is 23.7 Å². The molecule has 0 unspecified atom stereocenters. The second-order valence-electron chi connectivity index (χ2n) is 5.79. The van der Waals surface area contributed by atoms with E-state index in [1.807, 2.05) is 26.0 Å². The number of hydrogen-bond acceptors (Lipinski definition) is 4. The number of anilines is 1. The van der Waals surface area contributed by atoms with Crippen LogP contribution in [-0.4, -0.2) is 11.1 Å². The second-order valence-corrected chi connectivity index (χ2v) is 6.23. The number of rotatable bonds is 6. The molecule has 0 amide bonds. The van der Waals surface area contributed by atoms with Crippen LogP contribution in [0, 0.1) is 5.82 Å². The fourth-order valence-corrected chi connectivity index (χ4v) is 2.51. The minimum Gasteiger partial charge on any atom is -0.491 e. The van der Waals surface area contributed by atoms with Crippen molar-refractivity contribution in [2.45, 2.75) is 26.5 Å². The maximum absolute atomic E-state index is 14.1. The number of nitrogens with zero attached hydrogens (tertiary/aromatic N) is 1. The van der Waals surface area contributed by atoms with E-state index in [9.17, 15) is 4.39 Å². The van der Waals surface area contributed by atoms with E-state index in [2.05, 4.69) is 10.3 Å². The highest BCUT2D eigenvalue weighted by Gasteiger charge is 2.09. The first-order chi connectivity index (χ1) is 12.0. The van der Waals surface area contributed by atoms with Crippen LogP contribution in [0.5, 0.6) is 5.75 Å². The molecular weight excluding hydrogens is 343 g/mol. The van der Waals surface area contributed by atoms with Crippen LogP contribution >= 0.6 is 11.6 Å². The normalized spacial score (nSPS) is 10.9. The van der Waals surface area contributed by atoms with Gasteiger partial charge in [-0.3, -0.25) is 0 Å². The Bertz CT molecular complexity index is 864. The topological polar surface area (TPSA) is 47.3 Å². The minimum absolute atomic E-state index is 0.00422. The maximum atomic E-state index is 14.1. The van der Waals surface area contributed by atoms with Crippen molar-refractivity contribution < 1.29 is 13.5 Å². The van der Waals surface area contributed by atoms with Gasteiger partial charge in [0.1, 0.15) is 11.6 Å². The second kappa shape index (κ2) is 7.57. The van der Waals surface area contributed by atoms with Gasteiger partial charge in [-0.2, -0.15) is 0 Å². The van der Waals surface area contributed by atoms with E-state index in [1.54, 1.807) is 30.5 Å². The van der Waals surface area contributed by atoms with Crippen LogP contribution in [0.1, 0.15) is 19.7 Å². The molecule has 0 spiro atoms. The summed E-state index contributed by atoms with van der Waals surface area (Å²) in [6.07, 6.45) is 1.62. The number of nitrogens with one attached hydrogen (secondary N) is 1. The van der Waals surface area contributed by atoms with Gasteiger partial charge in [0, 0.05) is 16.7 Å². The van der Waals surface area contributed by atoms with Crippen LogP contribution in [-0.2, 0) is 6.54 Å². The highest BCUT2D eigenvalue weighted by Crippen LogP contribution is 2.25. The van der Waals surface area contributed by atoms with Gasteiger partial charge in [0.2, 0.25) is 5.89 Å². The zero-order valence-corrected chi connectivity index (χ0v) is 14.7. The summed E-state index contributed by atoms with van der Waals surface area (Å²) in [7, 11) is 0. The third-order valence-electron chi connectivity index (χ3n) is 3.41. The number of hydrogen-bond donors (Lipinski definition) is 1. The van der Waals surface area contributed by atoms with Crippen LogP contribution in [0.15, 0.2) is 53.1 Å². The van der Waals surface area contributed by atoms with E-state index in [1.165, 1.54) is 6.07 Å². The fraction of sp³-hybridized carbons (Fsp3) is 0.211. The third kappa shape index (κ3) is 4.51. The number of aromatic nitrogens is 1. The monoisotopic (exact) mass is 360 g/mol. The van der Waals surface area contributed by atoms with Crippen molar-refractivity contribution in [2.24, 2.45) is 0 Å². The highest BCUT2D eigenvalue weighted by atomic mass is 35.5. The van der Waals surface area contributed by atoms with E-state index in [0.717, 1.165) is 5.56 Å². The predicted octanol–water partition coefficient (Wildman–Crippen LogP) is 5.53. The van der Waals surface area contributed by atoms with Crippen molar-refractivity contribution in [2.75, 3.05) is 5.32 Å². The van der Waals surface area contributed by atoms with Gasteiger partial charge in [-0.15, -0.1) is 0 Å². The lowest BCUT2D eigenvalue weighted by atomic mass is 10.2. The van der Waals surface area contributed by atoms with Gasteiger partial charge in [-0.25, -0.2) is 9.37 Å². The minimum atomic E-state index is -0.389. The molecule has 3 rings (SSSR count). The molecular formula is C19H18ClFN2O2. The predicted molar refractivity (Wildman–Crippen MR) is 96.4 cm³/mol. The Morgan fingerprint density at radius 3 is 2.80 bits per heavy atom. The van der Waals surface area contributed by atoms with Gasteiger partial charge < -0.3 is 14.5 Å². The summed E-state index contributed by atoms with van der Waals surface area (Å²) in [6.45, 7) is 4.05. The molecule has 4 nitrogen and oxygen atoms in total. The van der Waals surface area contributed by atoms with Gasteiger partial charge in [-0.05, 0) is 38.1 Å². The first-order valence-corrected chi connectivity index (χ1v) is 8.30. The summed E-state index contributed by atoms with van der Waals surface area (Å²) in [6, 6.07) is 12.0. The molecule has 1 aromatic heterocycles. The molecule has 0 aliphatic rings. The van der Waals surface area contributed by atoms with E-state index in [0.29, 0.717) is 28.1 Å². The molecule has 0 aliphatic carbocycles. The molecule has 1 heterocycles. The van der Waals surface area contributed by atoms with Gasteiger partial charge >= 0.3 is 0 Å². The standard InChI is InChI=1S/C19H18ClFN2O2/c1-12(2)24-15-6-7-17(16(21)9-15)22-11-19-23-10-18(25-19)13-4-3-5-14(20)8-13/h3-10,12,22H,11H2,1-2H3. The Kier molecular flexibility index (Phi) is 5.24. The van der Waals surface area contributed by atoms with Crippen molar-refractivity contribution in [3.63, 3.8) is 0 Å². The van der Waals surface area contributed by atoms with E-state index < -0.39 is 0 Å². The summed E-state index contributed by atoms with van der Waals surface area (Å²) in [4.78, 5) is 4.20.